The van der Waals surface area contributed by atoms with Crippen molar-refractivity contribution in [3.05, 3.63) is 4.88 Å². The molecule has 1 aromatic rings. The molecule has 120 valence electrons. The van der Waals surface area contributed by atoms with E-state index in [1.807, 2.05) is 0 Å². The molecule has 0 atom stereocenters. The lowest BCUT2D eigenvalue weighted by Crippen LogP contribution is -2.23. The summed E-state index contributed by atoms with van der Waals surface area (Å²) >= 11 is 1.01. The smallest absolute Gasteiger partial charge is 0.390 e. The summed E-state index contributed by atoms with van der Waals surface area (Å²) in [5.74, 6) is -0.139. The number of thiophene rings is 1. The van der Waals surface area contributed by atoms with E-state index in [0.717, 1.165) is 11.3 Å². The molecule has 5 nitrogen and oxygen atoms in total. The van der Waals surface area contributed by atoms with E-state index in [1.54, 1.807) is 6.92 Å². The third-order valence-corrected chi connectivity index (χ3v) is 4.01. The first-order valence-electron chi connectivity index (χ1n) is 6.23. The van der Waals surface area contributed by atoms with Crippen molar-refractivity contribution in [2.75, 3.05) is 37.9 Å². The molecule has 0 unspecified atom stereocenters. The van der Waals surface area contributed by atoms with E-state index in [-0.39, 0.29) is 28.8 Å². The average molecular weight is 325 g/mol. The lowest BCUT2D eigenvalue weighted by Gasteiger charge is -2.19. The van der Waals surface area contributed by atoms with Gasteiger partial charge in [0.1, 0.15) is 15.6 Å². The van der Waals surface area contributed by atoms with Gasteiger partial charge in [-0.25, -0.2) is 0 Å². The molecule has 0 aliphatic heterocycles. The SMILES string of the molecule is CCNC(=O)c1sc(N(C)CCC(F)(F)F)c(OC)c1N. The number of nitrogens with two attached hydrogens (primary N) is 1. The van der Waals surface area contributed by atoms with Crippen LogP contribution in [-0.4, -0.2) is 39.3 Å². The quantitative estimate of drug-likeness (QED) is 0.843. The van der Waals surface area contributed by atoms with Gasteiger partial charge in [0.15, 0.2) is 5.75 Å². The van der Waals surface area contributed by atoms with Crippen molar-refractivity contribution in [3.8, 4) is 5.75 Å². The number of anilines is 2. The van der Waals surface area contributed by atoms with E-state index < -0.39 is 12.6 Å². The van der Waals surface area contributed by atoms with Crippen LogP contribution in [0.4, 0.5) is 23.9 Å². The zero-order valence-corrected chi connectivity index (χ0v) is 12.8. The molecule has 1 amide bonds. The minimum atomic E-state index is -4.24. The van der Waals surface area contributed by atoms with E-state index in [4.69, 9.17) is 10.5 Å². The fraction of sp³-hybridized carbons (Fsp3) is 0.583. The number of nitrogens with zero attached hydrogens (tertiary/aromatic N) is 1. The van der Waals surface area contributed by atoms with Crippen molar-refractivity contribution in [1.82, 2.24) is 5.32 Å². The van der Waals surface area contributed by atoms with Gasteiger partial charge in [0, 0.05) is 20.1 Å². The number of carbonyl (C=O) groups is 1. The van der Waals surface area contributed by atoms with Crippen molar-refractivity contribution in [2.24, 2.45) is 0 Å². The average Bonchev–Trinajstić information content (AvgIpc) is 2.72. The number of methoxy groups -OCH3 is 1. The Bertz CT molecular complexity index is 503. The van der Waals surface area contributed by atoms with Crippen LogP contribution in [0.5, 0.6) is 5.75 Å². The molecule has 3 N–H and O–H groups in total. The van der Waals surface area contributed by atoms with E-state index >= 15 is 0 Å². The maximum atomic E-state index is 12.3. The Morgan fingerprint density at radius 1 is 1.48 bits per heavy atom. The molecule has 0 saturated heterocycles. The third kappa shape index (κ3) is 4.42. The molecular weight excluding hydrogens is 307 g/mol. The maximum Gasteiger partial charge on any atom is 0.390 e. The first-order chi connectivity index (χ1) is 9.71. The van der Waals surface area contributed by atoms with Crippen molar-refractivity contribution < 1.29 is 22.7 Å². The lowest BCUT2D eigenvalue weighted by atomic mass is 10.3. The molecule has 0 radical (unpaired) electrons. The van der Waals surface area contributed by atoms with Gasteiger partial charge in [-0.1, -0.05) is 0 Å². The fourth-order valence-electron chi connectivity index (χ4n) is 1.67. The number of hydrogen-bond donors (Lipinski definition) is 2. The molecule has 0 aliphatic carbocycles. The number of amides is 1. The van der Waals surface area contributed by atoms with Crippen molar-refractivity contribution in [3.63, 3.8) is 0 Å². The highest BCUT2D eigenvalue weighted by molar-refractivity contribution is 7.19. The number of ether oxygens (including phenoxy) is 1. The topological polar surface area (TPSA) is 67.6 Å². The predicted octanol–water partition coefficient (Wildman–Crippen LogP) is 2.48. The summed E-state index contributed by atoms with van der Waals surface area (Å²) in [6.45, 7) is 1.95. The van der Waals surface area contributed by atoms with E-state index in [9.17, 15) is 18.0 Å². The fourth-order valence-corrected chi connectivity index (χ4v) is 2.76. The van der Waals surface area contributed by atoms with Gasteiger partial charge in [0.25, 0.3) is 5.91 Å². The largest absolute Gasteiger partial charge is 0.492 e. The summed E-state index contributed by atoms with van der Waals surface area (Å²) in [7, 11) is 2.86. The van der Waals surface area contributed by atoms with Crippen molar-refractivity contribution >= 4 is 27.9 Å². The van der Waals surface area contributed by atoms with E-state index in [0.29, 0.717) is 11.5 Å². The summed E-state index contributed by atoms with van der Waals surface area (Å²) in [5, 5.41) is 3.00. The summed E-state index contributed by atoms with van der Waals surface area (Å²) in [4.78, 5) is 13.5. The van der Waals surface area contributed by atoms with Crippen LogP contribution in [0.3, 0.4) is 0 Å². The number of rotatable bonds is 6. The van der Waals surface area contributed by atoms with Gasteiger partial charge in [0.05, 0.1) is 13.5 Å². The number of hydrogen-bond acceptors (Lipinski definition) is 5. The number of alkyl halides is 3. The molecule has 1 aromatic heterocycles. The second kappa shape index (κ2) is 6.88. The highest BCUT2D eigenvalue weighted by Crippen LogP contribution is 2.44. The zero-order valence-electron chi connectivity index (χ0n) is 12.0. The van der Waals surface area contributed by atoms with E-state index in [1.165, 1.54) is 19.1 Å². The second-order valence-corrected chi connectivity index (χ2v) is 5.33. The van der Waals surface area contributed by atoms with E-state index in [2.05, 4.69) is 5.32 Å². The van der Waals surface area contributed by atoms with Gasteiger partial charge < -0.3 is 20.7 Å². The Kier molecular flexibility index (Phi) is 5.70. The molecule has 9 heteroatoms. The first kappa shape index (κ1) is 17.4. The monoisotopic (exact) mass is 325 g/mol. The van der Waals surface area contributed by atoms with Crippen LogP contribution in [-0.2, 0) is 0 Å². The summed E-state index contributed by atoms with van der Waals surface area (Å²) < 4.78 is 42.0. The number of nitrogens with one attached hydrogen (secondary N) is 1. The van der Waals surface area contributed by atoms with Gasteiger partial charge >= 0.3 is 6.18 Å². The highest BCUT2D eigenvalue weighted by atomic mass is 32.1. The Morgan fingerprint density at radius 2 is 2.10 bits per heavy atom. The zero-order chi connectivity index (χ0) is 16.2. The minimum absolute atomic E-state index is 0.141. The van der Waals surface area contributed by atoms with Gasteiger partial charge in [0.2, 0.25) is 0 Å². The Hall–Kier alpha value is -1.64. The van der Waals surface area contributed by atoms with Gasteiger partial charge in [-0.2, -0.15) is 13.2 Å². The lowest BCUT2D eigenvalue weighted by molar-refractivity contribution is -0.132. The predicted molar refractivity (Wildman–Crippen MR) is 77.2 cm³/mol. The number of carbonyl (C=O) groups excluding carboxylic acids is 1. The molecule has 0 fully saturated rings. The van der Waals surface area contributed by atoms with Crippen LogP contribution in [0, 0.1) is 0 Å². The molecule has 0 bridgehead atoms. The van der Waals surface area contributed by atoms with Crippen LogP contribution < -0.4 is 20.7 Å². The molecule has 1 rings (SSSR count). The molecule has 21 heavy (non-hydrogen) atoms. The van der Waals surface area contributed by atoms with Crippen molar-refractivity contribution in [2.45, 2.75) is 19.5 Å². The summed E-state index contributed by atoms with van der Waals surface area (Å²) in [6.07, 6.45) is -5.20. The number of halogens is 3. The Morgan fingerprint density at radius 3 is 2.57 bits per heavy atom. The van der Waals surface area contributed by atoms with Crippen LogP contribution in [0.25, 0.3) is 0 Å². The molecule has 0 aromatic carbocycles. The number of nitrogen functional groups attached to an aromatic ring is 1. The molecular formula is C12H18F3N3O2S. The van der Waals surface area contributed by atoms with Gasteiger partial charge in [-0.05, 0) is 6.92 Å². The Balaban J connectivity index is 3.01. The van der Waals surface area contributed by atoms with Gasteiger partial charge in [-0.15, -0.1) is 11.3 Å². The standard InChI is InChI=1S/C12H18F3N3O2S/c1-4-17-10(19)9-7(16)8(20-3)11(21-9)18(2)6-5-12(13,14)15/h4-6,16H2,1-3H3,(H,17,19). The third-order valence-electron chi connectivity index (χ3n) is 2.71. The molecule has 0 saturated carbocycles. The normalized spacial score (nSPS) is 11.3. The first-order valence-corrected chi connectivity index (χ1v) is 7.05. The van der Waals surface area contributed by atoms with Crippen LogP contribution in [0.15, 0.2) is 0 Å². The van der Waals surface area contributed by atoms with Crippen LogP contribution >= 0.6 is 11.3 Å². The highest BCUT2D eigenvalue weighted by Gasteiger charge is 2.29. The summed E-state index contributed by atoms with van der Waals surface area (Å²) in [6, 6.07) is 0. The van der Waals surface area contributed by atoms with Gasteiger partial charge in [-0.3, -0.25) is 4.79 Å². The second-order valence-electron chi connectivity index (χ2n) is 4.33. The summed E-state index contributed by atoms with van der Waals surface area (Å²) in [5.41, 5.74) is 5.98. The minimum Gasteiger partial charge on any atom is -0.492 e. The maximum absolute atomic E-state index is 12.3. The Labute approximate surface area is 124 Å². The van der Waals surface area contributed by atoms with Crippen LogP contribution in [0.2, 0.25) is 0 Å². The molecule has 1 heterocycles. The van der Waals surface area contributed by atoms with Crippen LogP contribution in [0.1, 0.15) is 23.0 Å². The molecule has 0 spiro atoms. The van der Waals surface area contributed by atoms with Crippen molar-refractivity contribution in [1.29, 1.82) is 0 Å². The molecule has 0 aliphatic rings.